The molecule has 0 aliphatic carbocycles. The Morgan fingerprint density at radius 1 is 1.57 bits per heavy atom. The molecule has 69 valence electrons. The van der Waals surface area contributed by atoms with Crippen LogP contribution in [0.1, 0.15) is 19.2 Å². The third kappa shape index (κ3) is 2.51. The Bertz CT molecular complexity index is 475. The van der Waals surface area contributed by atoms with E-state index in [4.69, 9.17) is 0 Å². The van der Waals surface area contributed by atoms with Crippen LogP contribution in [0, 0.1) is 0 Å². The van der Waals surface area contributed by atoms with E-state index in [1.54, 1.807) is 10.7 Å². The number of aryl methyl sites for hydroxylation is 1. The summed E-state index contributed by atoms with van der Waals surface area (Å²) in [5, 5.41) is 4.18. The van der Waals surface area contributed by atoms with Gasteiger partial charge in [-0.05, 0) is 6.42 Å². The van der Waals surface area contributed by atoms with E-state index in [0.717, 1.165) is 18.7 Å². The van der Waals surface area contributed by atoms with E-state index < -0.39 is 0 Å². The maximum Gasteiger partial charge on any atom is 0.252 e. The molecular formula is C8H10KN4O. The van der Waals surface area contributed by atoms with Gasteiger partial charge in [-0.1, -0.05) is 6.92 Å². The molecule has 0 unspecified atom stereocenters. The van der Waals surface area contributed by atoms with Crippen molar-refractivity contribution in [1.82, 2.24) is 19.6 Å². The van der Waals surface area contributed by atoms with Crippen molar-refractivity contribution in [3.63, 3.8) is 0 Å². The molecule has 2 rings (SSSR count). The standard InChI is InChI=1S/C8H10N4O.K/c1-2-3-6-9-8-10-7(13)4-5-12(8)11-6;/h4-5H,2-3H2,1H3,(H,9,10,11,13);. The van der Waals surface area contributed by atoms with Crippen molar-refractivity contribution >= 4 is 57.2 Å². The number of aromatic amines is 1. The quantitative estimate of drug-likeness (QED) is 0.720. The van der Waals surface area contributed by atoms with Gasteiger partial charge in [-0.25, -0.2) is 4.52 Å². The Morgan fingerprint density at radius 3 is 3.07 bits per heavy atom. The maximum atomic E-state index is 10.9. The van der Waals surface area contributed by atoms with Crippen molar-refractivity contribution in [1.29, 1.82) is 0 Å². The Morgan fingerprint density at radius 2 is 2.36 bits per heavy atom. The first-order valence-corrected chi connectivity index (χ1v) is 4.24. The molecule has 0 fully saturated rings. The van der Waals surface area contributed by atoms with E-state index in [0.29, 0.717) is 5.78 Å². The van der Waals surface area contributed by atoms with Crippen molar-refractivity contribution < 1.29 is 0 Å². The SMILES string of the molecule is CCCc1nc2[nH]c(=O)ccn2n1.[K]. The summed E-state index contributed by atoms with van der Waals surface area (Å²) in [6.45, 7) is 2.06. The molecule has 2 aromatic rings. The molecule has 0 amide bonds. The Hall–Kier alpha value is -0.0136. The Kier molecular flexibility index (Phi) is 4.46. The van der Waals surface area contributed by atoms with Gasteiger partial charge in [0.05, 0.1) is 0 Å². The minimum Gasteiger partial charge on any atom is -0.291 e. The number of nitrogens with zero attached hydrogens (tertiary/aromatic N) is 3. The molecule has 0 aliphatic rings. The second-order valence-electron chi connectivity index (χ2n) is 2.85. The molecular weight excluding hydrogens is 207 g/mol. The van der Waals surface area contributed by atoms with Gasteiger partial charge in [0.1, 0.15) is 0 Å². The first kappa shape index (κ1) is 12.1. The van der Waals surface area contributed by atoms with Crippen LogP contribution < -0.4 is 5.56 Å². The maximum absolute atomic E-state index is 10.9. The smallest absolute Gasteiger partial charge is 0.252 e. The predicted molar refractivity (Wildman–Crippen MR) is 53.4 cm³/mol. The van der Waals surface area contributed by atoms with Crippen molar-refractivity contribution in [2.24, 2.45) is 0 Å². The largest absolute Gasteiger partial charge is 0.291 e. The van der Waals surface area contributed by atoms with Crippen LogP contribution in [-0.2, 0) is 6.42 Å². The van der Waals surface area contributed by atoms with Gasteiger partial charge in [-0.15, -0.1) is 0 Å². The first-order valence-electron chi connectivity index (χ1n) is 4.24. The van der Waals surface area contributed by atoms with Crippen LogP contribution in [0.4, 0.5) is 0 Å². The summed E-state index contributed by atoms with van der Waals surface area (Å²) in [5.41, 5.74) is -0.150. The summed E-state index contributed by atoms with van der Waals surface area (Å²) < 4.78 is 1.58. The number of fused-ring (bicyclic) bond motifs is 1. The summed E-state index contributed by atoms with van der Waals surface area (Å²) in [5.74, 6) is 1.28. The number of hydrogen-bond donors (Lipinski definition) is 1. The zero-order valence-corrected chi connectivity index (χ0v) is 11.4. The molecule has 0 bridgehead atoms. The van der Waals surface area contributed by atoms with Gasteiger partial charge in [0.25, 0.3) is 5.56 Å². The molecule has 6 heteroatoms. The van der Waals surface area contributed by atoms with Gasteiger partial charge in [0.15, 0.2) is 5.82 Å². The fourth-order valence-electron chi connectivity index (χ4n) is 1.18. The van der Waals surface area contributed by atoms with Crippen molar-refractivity contribution in [3.05, 3.63) is 28.4 Å². The molecule has 0 saturated carbocycles. The van der Waals surface area contributed by atoms with E-state index in [2.05, 4.69) is 22.0 Å². The van der Waals surface area contributed by atoms with E-state index in [9.17, 15) is 4.79 Å². The van der Waals surface area contributed by atoms with Crippen molar-refractivity contribution in [3.8, 4) is 0 Å². The minimum absolute atomic E-state index is 0. The van der Waals surface area contributed by atoms with Crippen molar-refractivity contribution in [2.45, 2.75) is 19.8 Å². The molecule has 1 N–H and O–H groups in total. The number of nitrogens with one attached hydrogen (secondary N) is 1. The van der Waals surface area contributed by atoms with Crippen LogP contribution in [0.3, 0.4) is 0 Å². The molecule has 0 atom stereocenters. The number of rotatable bonds is 2. The molecule has 0 spiro atoms. The molecule has 14 heavy (non-hydrogen) atoms. The fourth-order valence-corrected chi connectivity index (χ4v) is 1.18. The second kappa shape index (κ2) is 5.18. The summed E-state index contributed by atoms with van der Waals surface area (Å²) in [6, 6.07) is 1.43. The number of hydrogen-bond acceptors (Lipinski definition) is 3. The average molecular weight is 217 g/mol. The van der Waals surface area contributed by atoms with E-state index in [-0.39, 0.29) is 56.9 Å². The van der Waals surface area contributed by atoms with Crippen LogP contribution in [0.5, 0.6) is 0 Å². The van der Waals surface area contributed by atoms with E-state index >= 15 is 0 Å². The monoisotopic (exact) mass is 217 g/mol. The summed E-state index contributed by atoms with van der Waals surface area (Å²) in [4.78, 5) is 17.7. The van der Waals surface area contributed by atoms with Crippen LogP contribution >= 0.6 is 0 Å². The Balaban J connectivity index is 0.000000980. The topological polar surface area (TPSA) is 63.0 Å². The Labute approximate surface area is 123 Å². The third-order valence-corrected chi connectivity index (χ3v) is 1.75. The van der Waals surface area contributed by atoms with Crippen LogP contribution in [0.25, 0.3) is 5.78 Å². The summed E-state index contributed by atoms with van der Waals surface area (Å²) >= 11 is 0. The first-order chi connectivity index (χ1) is 6.29. The van der Waals surface area contributed by atoms with Gasteiger partial charge < -0.3 is 0 Å². The molecule has 0 saturated heterocycles. The van der Waals surface area contributed by atoms with E-state index in [1.165, 1.54) is 6.07 Å². The van der Waals surface area contributed by atoms with Gasteiger partial charge in [-0.3, -0.25) is 9.78 Å². The van der Waals surface area contributed by atoms with Crippen LogP contribution in [-0.4, -0.2) is 71.0 Å². The molecule has 2 aromatic heterocycles. The number of aromatic nitrogens is 4. The molecule has 5 nitrogen and oxygen atoms in total. The predicted octanol–water partition coefficient (Wildman–Crippen LogP) is -0.0107. The van der Waals surface area contributed by atoms with Crippen LogP contribution in [0.15, 0.2) is 17.1 Å². The summed E-state index contributed by atoms with van der Waals surface area (Å²) in [7, 11) is 0. The fraction of sp³-hybridized carbons (Fsp3) is 0.375. The zero-order chi connectivity index (χ0) is 9.26. The molecule has 1 radical (unpaired) electrons. The third-order valence-electron chi connectivity index (χ3n) is 1.75. The zero-order valence-electron chi connectivity index (χ0n) is 8.32. The number of H-pyrrole nitrogens is 1. The van der Waals surface area contributed by atoms with Crippen LogP contribution in [0.2, 0.25) is 0 Å². The van der Waals surface area contributed by atoms with Gasteiger partial charge in [0.2, 0.25) is 5.78 Å². The second-order valence-corrected chi connectivity index (χ2v) is 2.85. The summed E-state index contributed by atoms with van der Waals surface area (Å²) in [6.07, 6.45) is 3.45. The normalized spacial score (nSPS) is 10.1. The van der Waals surface area contributed by atoms with Gasteiger partial charge >= 0.3 is 0 Å². The van der Waals surface area contributed by atoms with Gasteiger partial charge in [0, 0.05) is 70.1 Å². The molecule has 0 aromatic carbocycles. The van der Waals surface area contributed by atoms with Crippen molar-refractivity contribution in [2.75, 3.05) is 0 Å². The molecule has 0 aliphatic heterocycles. The minimum atomic E-state index is -0.150. The average Bonchev–Trinajstić information content (AvgIpc) is 2.46. The molecule has 2 heterocycles. The van der Waals surface area contributed by atoms with E-state index in [1.807, 2.05) is 0 Å². The van der Waals surface area contributed by atoms with Gasteiger partial charge in [-0.2, -0.15) is 10.1 Å².